The van der Waals surface area contributed by atoms with Crippen molar-refractivity contribution in [2.24, 2.45) is 0 Å². The van der Waals surface area contributed by atoms with Gasteiger partial charge in [0.25, 0.3) is 5.91 Å². The molecule has 2 atom stereocenters. The van der Waals surface area contributed by atoms with Gasteiger partial charge >= 0.3 is 5.97 Å². The largest absolute Gasteiger partial charge is 0.449 e. The number of para-hydroxylation sites is 1. The lowest BCUT2D eigenvalue weighted by molar-refractivity contribution is 0.0283. The normalized spacial score (nSPS) is 12.3. The van der Waals surface area contributed by atoms with Crippen molar-refractivity contribution < 1.29 is 19.1 Å². The van der Waals surface area contributed by atoms with Gasteiger partial charge < -0.3 is 10.1 Å². The van der Waals surface area contributed by atoms with Gasteiger partial charge in [0.2, 0.25) is 5.78 Å². The van der Waals surface area contributed by atoms with Gasteiger partial charge in [0.15, 0.2) is 6.10 Å². The van der Waals surface area contributed by atoms with Crippen LogP contribution in [0.1, 0.15) is 47.0 Å². The summed E-state index contributed by atoms with van der Waals surface area (Å²) in [4.78, 5) is 39.1. The summed E-state index contributed by atoms with van der Waals surface area (Å²) < 4.78 is 5.83. The highest BCUT2D eigenvalue weighted by Crippen LogP contribution is 2.32. The molecule has 180 valence electrons. The topological polar surface area (TPSA) is 72.5 Å². The van der Waals surface area contributed by atoms with Crippen molar-refractivity contribution in [3.8, 4) is 0 Å². The number of carbonyl (C=O) groups is 3. The van der Waals surface area contributed by atoms with Crippen LogP contribution in [0.3, 0.4) is 0 Å². The Morgan fingerprint density at radius 2 is 1.28 bits per heavy atom. The van der Waals surface area contributed by atoms with E-state index in [1.54, 1.807) is 60.7 Å². The summed E-state index contributed by atoms with van der Waals surface area (Å²) >= 11 is 3.58. The maximum Gasteiger partial charge on any atom is 0.341 e. The molecule has 0 aliphatic carbocycles. The van der Waals surface area contributed by atoms with Crippen LogP contribution in [-0.4, -0.2) is 23.8 Å². The lowest BCUT2D eigenvalue weighted by atomic mass is 9.99. The van der Waals surface area contributed by atoms with Crippen LogP contribution in [0.2, 0.25) is 0 Å². The zero-order valence-electron chi connectivity index (χ0n) is 19.6. The molecule has 36 heavy (non-hydrogen) atoms. The second kappa shape index (κ2) is 11.6. The highest BCUT2D eigenvalue weighted by Gasteiger charge is 2.33. The van der Waals surface area contributed by atoms with Gasteiger partial charge in [-0.15, -0.1) is 0 Å². The van der Waals surface area contributed by atoms with E-state index in [2.05, 4.69) is 21.2 Å². The molecule has 0 saturated carbocycles. The van der Waals surface area contributed by atoms with Crippen molar-refractivity contribution in [2.45, 2.75) is 17.9 Å². The number of benzene rings is 4. The molecule has 4 aromatic rings. The fraction of sp³-hybridized carbons (Fsp3) is 0.100. The molecule has 0 unspecified atom stereocenters. The second-order valence-electron chi connectivity index (χ2n) is 8.18. The van der Waals surface area contributed by atoms with E-state index in [9.17, 15) is 14.4 Å². The van der Waals surface area contributed by atoms with Gasteiger partial charge in [-0.25, -0.2) is 4.79 Å². The predicted octanol–water partition coefficient (Wildman–Crippen LogP) is 6.79. The third kappa shape index (κ3) is 5.78. The first-order valence-corrected chi connectivity index (χ1v) is 12.3. The van der Waals surface area contributed by atoms with Crippen molar-refractivity contribution >= 4 is 39.3 Å². The molecule has 0 bridgehead atoms. The molecular weight excluding hydrogens is 518 g/mol. The first kappa shape index (κ1) is 25.1. The van der Waals surface area contributed by atoms with Gasteiger partial charge in [0.1, 0.15) is 0 Å². The third-order valence-electron chi connectivity index (χ3n) is 5.72. The number of amides is 1. The molecule has 5 nitrogen and oxygen atoms in total. The molecule has 0 aliphatic heterocycles. The first-order valence-electron chi connectivity index (χ1n) is 11.4. The van der Waals surface area contributed by atoms with Gasteiger partial charge in [0, 0.05) is 11.1 Å². The Hall–Kier alpha value is -4.03. The number of rotatable bonds is 8. The molecule has 4 rings (SSSR count). The van der Waals surface area contributed by atoms with Crippen molar-refractivity contribution in [1.29, 1.82) is 0 Å². The number of alkyl halides is 1. The van der Waals surface area contributed by atoms with E-state index in [1.807, 2.05) is 55.5 Å². The smallest absolute Gasteiger partial charge is 0.341 e. The first-order chi connectivity index (χ1) is 17.5. The van der Waals surface area contributed by atoms with Crippen LogP contribution in [0, 0.1) is 6.92 Å². The van der Waals surface area contributed by atoms with Crippen molar-refractivity contribution in [2.75, 3.05) is 5.32 Å². The molecule has 0 aromatic heterocycles. The van der Waals surface area contributed by atoms with Crippen molar-refractivity contribution in [1.82, 2.24) is 0 Å². The van der Waals surface area contributed by atoms with Gasteiger partial charge in [-0.1, -0.05) is 107 Å². The van der Waals surface area contributed by atoms with Gasteiger partial charge in [-0.05, 0) is 36.2 Å². The Bertz CT molecular complexity index is 1370. The number of ketones is 1. The quantitative estimate of drug-likeness (QED) is 0.151. The summed E-state index contributed by atoms with van der Waals surface area (Å²) in [6, 6.07) is 31.8. The fourth-order valence-corrected chi connectivity index (χ4v) is 4.44. The van der Waals surface area contributed by atoms with E-state index in [-0.39, 0.29) is 17.3 Å². The minimum absolute atomic E-state index is 0.151. The zero-order valence-corrected chi connectivity index (χ0v) is 21.1. The number of esters is 1. The van der Waals surface area contributed by atoms with E-state index in [4.69, 9.17) is 4.74 Å². The Morgan fingerprint density at radius 1 is 0.722 bits per heavy atom. The number of hydrogen-bond donors (Lipinski definition) is 1. The maximum absolute atomic E-state index is 13.4. The number of anilines is 1. The molecule has 0 heterocycles. The SMILES string of the molecule is Cc1ccccc1C(=O)Nc1ccccc1C(=O)O[C@H](C(=O)c1ccccc1)[C@@H](Br)c1ccccc1. The van der Waals surface area contributed by atoms with E-state index in [0.717, 1.165) is 11.1 Å². The average Bonchev–Trinajstić information content (AvgIpc) is 2.92. The van der Waals surface area contributed by atoms with E-state index in [1.165, 1.54) is 0 Å². The number of ether oxygens (including phenoxy) is 1. The maximum atomic E-state index is 13.4. The number of hydrogen-bond acceptors (Lipinski definition) is 4. The van der Waals surface area contributed by atoms with E-state index >= 15 is 0 Å². The fourth-order valence-electron chi connectivity index (χ4n) is 3.79. The molecular formula is C30H24BrNO4. The van der Waals surface area contributed by atoms with Crippen LogP contribution in [0.4, 0.5) is 5.69 Å². The molecule has 4 aromatic carbocycles. The summed E-state index contributed by atoms with van der Waals surface area (Å²) in [5, 5.41) is 2.81. The summed E-state index contributed by atoms with van der Waals surface area (Å²) in [5.74, 6) is -1.39. The van der Waals surface area contributed by atoms with E-state index in [0.29, 0.717) is 16.8 Å². The Kier molecular flexibility index (Phi) is 8.08. The minimum Gasteiger partial charge on any atom is -0.449 e. The van der Waals surface area contributed by atoms with Crippen LogP contribution >= 0.6 is 15.9 Å². The standard InChI is InChI=1S/C30H24BrNO4/c1-20-12-8-9-17-23(20)29(34)32-25-19-11-10-18-24(25)30(35)36-28(26(31)21-13-4-2-5-14-21)27(33)22-15-6-3-7-16-22/h2-19,26,28H,1H3,(H,32,34)/t26-,28-/m0/s1. The molecule has 1 amide bonds. The van der Waals surface area contributed by atoms with Crippen molar-refractivity contribution in [3.05, 3.63) is 137 Å². The number of aryl methyl sites for hydroxylation is 1. The molecule has 0 spiro atoms. The second-order valence-corrected chi connectivity index (χ2v) is 9.17. The van der Waals surface area contributed by atoms with Crippen LogP contribution in [0.5, 0.6) is 0 Å². The van der Waals surface area contributed by atoms with E-state index < -0.39 is 16.9 Å². The predicted molar refractivity (Wildman–Crippen MR) is 144 cm³/mol. The minimum atomic E-state index is -1.14. The molecule has 0 radical (unpaired) electrons. The Balaban J connectivity index is 1.63. The third-order valence-corrected chi connectivity index (χ3v) is 6.73. The zero-order chi connectivity index (χ0) is 25.5. The summed E-state index contributed by atoms with van der Waals surface area (Å²) in [6.45, 7) is 1.84. The molecule has 0 saturated heterocycles. The Labute approximate surface area is 218 Å². The van der Waals surface area contributed by atoms with Crippen LogP contribution in [0.15, 0.2) is 109 Å². The monoisotopic (exact) mass is 541 g/mol. The molecule has 1 N–H and O–H groups in total. The lowest BCUT2D eigenvalue weighted by Crippen LogP contribution is -2.31. The number of carbonyl (C=O) groups excluding carboxylic acids is 3. The molecule has 6 heteroatoms. The number of Topliss-reactive ketones (excluding diaryl/α,β-unsaturated/α-hetero) is 1. The highest BCUT2D eigenvalue weighted by atomic mass is 79.9. The van der Waals surface area contributed by atoms with Crippen LogP contribution in [0.25, 0.3) is 0 Å². The number of nitrogens with one attached hydrogen (secondary N) is 1. The van der Waals surface area contributed by atoms with Crippen LogP contribution in [-0.2, 0) is 4.74 Å². The summed E-state index contributed by atoms with van der Waals surface area (Å²) in [6.07, 6.45) is -1.14. The molecule has 0 fully saturated rings. The van der Waals surface area contributed by atoms with Gasteiger partial charge in [-0.2, -0.15) is 0 Å². The summed E-state index contributed by atoms with van der Waals surface area (Å²) in [7, 11) is 0. The summed E-state index contributed by atoms with van der Waals surface area (Å²) in [5.41, 5.74) is 2.99. The van der Waals surface area contributed by atoms with Gasteiger partial charge in [0.05, 0.1) is 16.1 Å². The van der Waals surface area contributed by atoms with Crippen LogP contribution < -0.4 is 5.32 Å². The highest BCUT2D eigenvalue weighted by molar-refractivity contribution is 9.09. The molecule has 0 aliphatic rings. The number of halogens is 1. The average molecular weight is 542 g/mol. The van der Waals surface area contributed by atoms with Gasteiger partial charge in [-0.3, -0.25) is 9.59 Å². The Morgan fingerprint density at radius 3 is 1.94 bits per heavy atom. The van der Waals surface area contributed by atoms with Crippen molar-refractivity contribution in [3.63, 3.8) is 0 Å². The lowest BCUT2D eigenvalue weighted by Gasteiger charge is -2.23.